The minimum absolute atomic E-state index is 0.174. The van der Waals surface area contributed by atoms with Gasteiger partial charge in [-0.1, -0.05) is 29.8 Å². The lowest BCUT2D eigenvalue weighted by Crippen LogP contribution is -2.41. The highest BCUT2D eigenvalue weighted by Gasteiger charge is 2.15. The largest absolute Gasteiger partial charge is 0.493 e. The Morgan fingerprint density at radius 3 is 2.48 bits per heavy atom. The predicted octanol–water partition coefficient (Wildman–Crippen LogP) is 2.34. The fourth-order valence-corrected chi connectivity index (χ4v) is 2.63. The Bertz CT molecular complexity index is 964. The Balaban J connectivity index is 2.00. The smallest absolute Gasteiger partial charge is 0.329 e. The molecule has 0 aromatic heterocycles. The summed E-state index contributed by atoms with van der Waals surface area (Å²) in [4.78, 5) is 35.3. The highest BCUT2D eigenvalue weighted by Crippen LogP contribution is 2.36. The number of carbonyl (C=O) groups excluding carboxylic acids is 3. The van der Waals surface area contributed by atoms with E-state index in [0.29, 0.717) is 11.3 Å². The van der Waals surface area contributed by atoms with Crippen molar-refractivity contribution >= 4 is 41.2 Å². The highest BCUT2D eigenvalue weighted by molar-refractivity contribution is 6.35. The third-order valence-electron chi connectivity index (χ3n) is 3.66. The fraction of sp³-hybridized carbons (Fsp3) is 0.238. The molecule has 0 spiro atoms. The molecule has 3 amide bonds. The van der Waals surface area contributed by atoms with Crippen molar-refractivity contribution in [2.24, 2.45) is 5.10 Å². The monoisotopic (exact) mass is 446 g/mol. The second-order valence-electron chi connectivity index (χ2n) is 6.56. The number of rotatable bonds is 8. The van der Waals surface area contributed by atoms with Gasteiger partial charge in [0.1, 0.15) is 0 Å². The summed E-state index contributed by atoms with van der Waals surface area (Å²) in [7, 11) is 1.42. The van der Waals surface area contributed by atoms with Gasteiger partial charge in [-0.25, -0.2) is 5.43 Å². The van der Waals surface area contributed by atoms with Gasteiger partial charge in [-0.3, -0.25) is 14.4 Å². The molecule has 0 bridgehead atoms. The van der Waals surface area contributed by atoms with Crippen LogP contribution in [0.3, 0.4) is 0 Å². The van der Waals surface area contributed by atoms with Crippen LogP contribution < -0.4 is 25.5 Å². The lowest BCUT2D eigenvalue weighted by molar-refractivity contribution is -0.139. The van der Waals surface area contributed by atoms with Crippen molar-refractivity contribution in [3.8, 4) is 11.5 Å². The Kier molecular flexibility index (Phi) is 8.83. The van der Waals surface area contributed by atoms with Crippen LogP contribution in [0.15, 0.2) is 47.6 Å². The number of ether oxygens (including phenoxy) is 2. The first-order chi connectivity index (χ1) is 14.8. The molecular weight excluding hydrogens is 424 g/mol. The van der Waals surface area contributed by atoms with Crippen LogP contribution in [-0.4, -0.2) is 43.7 Å². The summed E-state index contributed by atoms with van der Waals surface area (Å²) in [5, 5.41) is 9.06. The van der Waals surface area contributed by atoms with E-state index in [1.807, 2.05) is 6.07 Å². The van der Waals surface area contributed by atoms with Crippen molar-refractivity contribution in [3.63, 3.8) is 0 Å². The van der Waals surface area contributed by atoms with Crippen LogP contribution in [0.25, 0.3) is 0 Å². The van der Waals surface area contributed by atoms with E-state index < -0.39 is 11.8 Å². The van der Waals surface area contributed by atoms with Gasteiger partial charge >= 0.3 is 11.8 Å². The molecule has 0 unspecified atom stereocenters. The molecule has 0 heterocycles. The van der Waals surface area contributed by atoms with Gasteiger partial charge in [-0.15, -0.1) is 0 Å². The van der Waals surface area contributed by atoms with Gasteiger partial charge in [0.25, 0.3) is 5.91 Å². The van der Waals surface area contributed by atoms with E-state index in [1.54, 1.807) is 44.2 Å². The Hall–Kier alpha value is -3.59. The molecule has 164 valence electrons. The number of para-hydroxylation sites is 1. The van der Waals surface area contributed by atoms with Crippen LogP contribution in [0.1, 0.15) is 19.4 Å². The summed E-state index contributed by atoms with van der Waals surface area (Å²) in [6.45, 7) is 3.19. The molecular formula is C21H23ClN4O5. The summed E-state index contributed by atoms with van der Waals surface area (Å²) in [6, 6.07) is 11.8. The Labute approximate surface area is 184 Å². The number of anilines is 1. The quantitative estimate of drug-likeness (QED) is 0.327. The lowest BCUT2D eigenvalue weighted by atomic mass is 10.2. The van der Waals surface area contributed by atoms with E-state index in [0.717, 1.165) is 0 Å². The molecule has 3 N–H and O–H groups in total. The number of carbonyl (C=O) groups is 3. The molecule has 0 saturated carbocycles. The molecule has 2 rings (SSSR count). The van der Waals surface area contributed by atoms with E-state index in [9.17, 15) is 14.4 Å². The first kappa shape index (κ1) is 23.7. The zero-order valence-electron chi connectivity index (χ0n) is 17.3. The molecule has 9 nitrogen and oxygen atoms in total. The molecule has 0 radical (unpaired) electrons. The second-order valence-corrected chi connectivity index (χ2v) is 6.97. The zero-order valence-corrected chi connectivity index (χ0v) is 18.0. The maximum absolute atomic E-state index is 12.1. The number of hydrazone groups is 1. The zero-order chi connectivity index (χ0) is 22.8. The summed E-state index contributed by atoms with van der Waals surface area (Å²) in [5.41, 5.74) is 3.24. The van der Waals surface area contributed by atoms with Crippen LogP contribution in [0.2, 0.25) is 5.02 Å². The number of hydrogen-bond donors (Lipinski definition) is 3. The first-order valence-electron chi connectivity index (χ1n) is 9.29. The molecule has 0 saturated heterocycles. The van der Waals surface area contributed by atoms with Gasteiger partial charge in [0, 0.05) is 11.7 Å². The summed E-state index contributed by atoms with van der Waals surface area (Å²) in [6.07, 6.45) is 1.29. The van der Waals surface area contributed by atoms with E-state index >= 15 is 0 Å². The number of halogens is 1. The van der Waals surface area contributed by atoms with Crippen molar-refractivity contribution in [3.05, 3.63) is 53.1 Å². The predicted molar refractivity (Wildman–Crippen MR) is 118 cm³/mol. The molecule has 0 fully saturated rings. The maximum Gasteiger partial charge on any atom is 0.329 e. The minimum Gasteiger partial charge on any atom is -0.493 e. The third kappa shape index (κ3) is 7.63. The maximum atomic E-state index is 12.1. The molecule has 0 aliphatic rings. The van der Waals surface area contributed by atoms with Crippen LogP contribution in [0.5, 0.6) is 11.5 Å². The SMILES string of the molecule is COc1cc(/C=N\NC(=O)C(=O)NC(C)C)cc(Cl)c1OCC(=O)Nc1ccccc1. The Morgan fingerprint density at radius 2 is 1.84 bits per heavy atom. The van der Waals surface area contributed by atoms with E-state index in [2.05, 4.69) is 21.2 Å². The average Bonchev–Trinajstić information content (AvgIpc) is 2.72. The van der Waals surface area contributed by atoms with Gasteiger partial charge in [0.05, 0.1) is 18.3 Å². The van der Waals surface area contributed by atoms with Gasteiger partial charge in [0.2, 0.25) is 0 Å². The van der Waals surface area contributed by atoms with Gasteiger partial charge in [0.15, 0.2) is 18.1 Å². The minimum atomic E-state index is -0.896. The normalized spacial score (nSPS) is 10.6. The van der Waals surface area contributed by atoms with Crippen molar-refractivity contribution in [1.82, 2.24) is 10.7 Å². The van der Waals surface area contributed by atoms with E-state index in [-0.39, 0.29) is 35.1 Å². The van der Waals surface area contributed by atoms with Crippen LogP contribution in [-0.2, 0) is 14.4 Å². The van der Waals surface area contributed by atoms with Crippen LogP contribution in [0, 0.1) is 0 Å². The molecule has 2 aromatic carbocycles. The standard InChI is InChI=1S/C21H23ClN4O5/c1-13(2)24-20(28)21(29)26-23-11-14-9-16(22)19(17(10-14)30-3)31-12-18(27)25-15-7-5-4-6-8-15/h4-11,13H,12H2,1-3H3,(H,24,28)(H,25,27)(H,26,29)/b23-11-. The topological polar surface area (TPSA) is 118 Å². The summed E-state index contributed by atoms with van der Waals surface area (Å²) < 4.78 is 10.8. The fourth-order valence-electron chi connectivity index (χ4n) is 2.35. The number of methoxy groups -OCH3 is 1. The second kappa shape index (κ2) is 11.6. The van der Waals surface area contributed by atoms with Crippen molar-refractivity contribution < 1.29 is 23.9 Å². The third-order valence-corrected chi connectivity index (χ3v) is 3.94. The molecule has 0 aliphatic heterocycles. The van der Waals surface area contributed by atoms with Crippen LogP contribution in [0.4, 0.5) is 5.69 Å². The molecule has 2 aromatic rings. The van der Waals surface area contributed by atoms with Crippen molar-refractivity contribution in [2.75, 3.05) is 19.0 Å². The highest BCUT2D eigenvalue weighted by atomic mass is 35.5. The van der Waals surface area contributed by atoms with Crippen LogP contribution >= 0.6 is 11.6 Å². The van der Waals surface area contributed by atoms with Crippen molar-refractivity contribution in [1.29, 1.82) is 0 Å². The number of nitrogens with zero attached hydrogens (tertiary/aromatic N) is 1. The number of amides is 3. The number of benzene rings is 2. The Morgan fingerprint density at radius 1 is 1.13 bits per heavy atom. The number of nitrogens with one attached hydrogen (secondary N) is 3. The molecule has 0 aliphatic carbocycles. The first-order valence-corrected chi connectivity index (χ1v) is 9.67. The molecule has 0 atom stereocenters. The van der Waals surface area contributed by atoms with Gasteiger partial charge in [-0.05, 0) is 43.7 Å². The number of hydrogen-bond acceptors (Lipinski definition) is 6. The average molecular weight is 447 g/mol. The van der Waals surface area contributed by atoms with Gasteiger partial charge in [-0.2, -0.15) is 5.10 Å². The molecule has 31 heavy (non-hydrogen) atoms. The lowest BCUT2D eigenvalue weighted by Gasteiger charge is -2.13. The van der Waals surface area contributed by atoms with E-state index in [1.165, 1.54) is 19.4 Å². The van der Waals surface area contributed by atoms with E-state index in [4.69, 9.17) is 21.1 Å². The van der Waals surface area contributed by atoms with Gasteiger partial charge < -0.3 is 20.1 Å². The summed E-state index contributed by atoms with van der Waals surface area (Å²) >= 11 is 6.26. The summed E-state index contributed by atoms with van der Waals surface area (Å²) in [5.74, 6) is -1.60. The molecule has 10 heteroatoms. The van der Waals surface area contributed by atoms with Crippen molar-refractivity contribution in [2.45, 2.75) is 19.9 Å².